The third kappa shape index (κ3) is 3.90. The number of hydrogen-bond acceptors (Lipinski definition) is 2. The van der Waals surface area contributed by atoms with Crippen LogP contribution < -0.4 is 5.32 Å². The first-order chi connectivity index (χ1) is 12.1. The first kappa shape index (κ1) is 17.2. The number of carbonyl (C=O) groups excluding carboxylic acids is 2. The van der Waals surface area contributed by atoms with Gasteiger partial charge < -0.3 is 10.2 Å². The van der Waals surface area contributed by atoms with E-state index < -0.39 is 0 Å². The number of likely N-dealkylation sites (tertiary alicyclic amines) is 1. The normalized spacial score (nSPS) is 17.0. The van der Waals surface area contributed by atoms with Gasteiger partial charge in [-0.3, -0.25) is 9.59 Å². The number of para-hydroxylation sites is 1. The summed E-state index contributed by atoms with van der Waals surface area (Å²) < 4.78 is 0. The summed E-state index contributed by atoms with van der Waals surface area (Å²) in [4.78, 5) is 26.7. The molecule has 1 aliphatic heterocycles. The number of anilines is 1. The molecule has 0 aliphatic carbocycles. The Hall–Kier alpha value is -2.62. The van der Waals surface area contributed by atoms with E-state index >= 15 is 0 Å². The summed E-state index contributed by atoms with van der Waals surface area (Å²) >= 11 is 0. The van der Waals surface area contributed by atoms with Crippen LogP contribution >= 0.6 is 0 Å². The second-order valence-corrected chi connectivity index (χ2v) is 6.61. The summed E-state index contributed by atoms with van der Waals surface area (Å²) in [6.07, 6.45) is 1.15. The van der Waals surface area contributed by atoms with Gasteiger partial charge in [0.05, 0.1) is 5.92 Å². The second kappa shape index (κ2) is 7.51. The van der Waals surface area contributed by atoms with Gasteiger partial charge in [0.1, 0.15) is 0 Å². The summed E-state index contributed by atoms with van der Waals surface area (Å²) in [6, 6.07) is 15.9. The molecule has 0 spiro atoms. The van der Waals surface area contributed by atoms with E-state index in [1.807, 2.05) is 55.5 Å². The molecule has 1 aliphatic rings. The zero-order valence-electron chi connectivity index (χ0n) is 14.8. The number of benzene rings is 2. The Bertz CT molecular complexity index is 771. The molecule has 2 aromatic carbocycles. The van der Waals surface area contributed by atoms with Crippen LogP contribution in [0.5, 0.6) is 0 Å². The van der Waals surface area contributed by atoms with Gasteiger partial charge in [-0.2, -0.15) is 0 Å². The fraction of sp³-hybridized carbons (Fsp3) is 0.333. The fourth-order valence-electron chi connectivity index (χ4n) is 3.33. The standard InChI is InChI=1S/C21H24N2O2/c1-3-17-11-7-8-15(2)20(17)22-21(25)18-12-19(24)23(14-18)13-16-9-5-4-6-10-16/h4-11,18H,3,12-14H2,1-2H3,(H,22,25)/t18-/m1/s1. The van der Waals surface area contributed by atoms with Gasteiger partial charge in [0.2, 0.25) is 11.8 Å². The molecule has 25 heavy (non-hydrogen) atoms. The van der Waals surface area contributed by atoms with Gasteiger partial charge in [-0.25, -0.2) is 0 Å². The summed E-state index contributed by atoms with van der Waals surface area (Å²) in [5.41, 5.74) is 4.16. The minimum Gasteiger partial charge on any atom is -0.338 e. The van der Waals surface area contributed by atoms with Crippen molar-refractivity contribution in [2.45, 2.75) is 33.2 Å². The predicted molar refractivity (Wildman–Crippen MR) is 99.2 cm³/mol. The largest absolute Gasteiger partial charge is 0.338 e. The monoisotopic (exact) mass is 336 g/mol. The Kier molecular flexibility index (Phi) is 5.17. The first-order valence-corrected chi connectivity index (χ1v) is 8.79. The molecule has 1 fully saturated rings. The van der Waals surface area contributed by atoms with Gasteiger partial charge in [0.15, 0.2) is 0 Å². The number of carbonyl (C=O) groups is 2. The lowest BCUT2D eigenvalue weighted by Gasteiger charge is -2.18. The number of nitrogens with zero attached hydrogens (tertiary/aromatic N) is 1. The molecule has 1 heterocycles. The van der Waals surface area contributed by atoms with Crippen LogP contribution in [0.3, 0.4) is 0 Å². The average molecular weight is 336 g/mol. The fourth-order valence-corrected chi connectivity index (χ4v) is 3.33. The van der Waals surface area contributed by atoms with Gasteiger partial charge in [-0.05, 0) is 30.0 Å². The number of rotatable bonds is 5. The van der Waals surface area contributed by atoms with Gasteiger partial charge in [0.25, 0.3) is 0 Å². The Morgan fingerprint density at radius 3 is 2.64 bits per heavy atom. The van der Waals surface area contributed by atoms with Crippen LogP contribution in [0, 0.1) is 12.8 Å². The highest BCUT2D eigenvalue weighted by atomic mass is 16.2. The van der Waals surface area contributed by atoms with Crippen LogP contribution in [0.1, 0.15) is 30.0 Å². The van der Waals surface area contributed by atoms with Crippen molar-refractivity contribution in [1.82, 2.24) is 4.90 Å². The zero-order valence-corrected chi connectivity index (χ0v) is 14.8. The zero-order chi connectivity index (χ0) is 17.8. The molecule has 4 nitrogen and oxygen atoms in total. The van der Waals surface area contributed by atoms with E-state index in [2.05, 4.69) is 12.2 Å². The van der Waals surface area contributed by atoms with Crippen molar-refractivity contribution in [2.75, 3.05) is 11.9 Å². The molecule has 2 amide bonds. The van der Waals surface area contributed by atoms with Crippen molar-refractivity contribution < 1.29 is 9.59 Å². The highest BCUT2D eigenvalue weighted by Crippen LogP contribution is 2.25. The van der Waals surface area contributed by atoms with Gasteiger partial charge >= 0.3 is 0 Å². The Balaban J connectivity index is 1.67. The van der Waals surface area contributed by atoms with Crippen molar-refractivity contribution in [3.8, 4) is 0 Å². The molecule has 0 bridgehead atoms. The smallest absolute Gasteiger partial charge is 0.229 e. The van der Waals surface area contributed by atoms with E-state index in [1.165, 1.54) is 0 Å². The molecule has 4 heteroatoms. The van der Waals surface area contributed by atoms with Gasteiger partial charge in [-0.1, -0.05) is 55.5 Å². The van der Waals surface area contributed by atoms with Crippen molar-refractivity contribution in [3.05, 3.63) is 65.2 Å². The first-order valence-electron chi connectivity index (χ1n) is 8.79. The van der Waals surface area contributed by atoms with E-state index in [0.29, 0.717) is 13.1 Å². The summed E-state index contributed by atoms with van der Waals surface area (Å²) in [6.45, 7) is 5.11. The Labute approximate surface area is 148 Å². The molecule has 0 radical (unpaired) electrons. The van der Waals surface area contributed by atoms with Crippen molar-refractivity contribution >= 4 is 17.5 Å². The number of hydrogen-bond donors (Lipinski definition) is 1. The quantitative estimate of drug-likeness (QED) is 0.908. The van der Waals surface area contributed by atoms with Gasteiger partial charge in [-0.15, -0.1) is 0 Å². The molecule has 0 saturated carbocycles. The lowest BCUT2D eigenvalue weighted by Crippen LogP contribution is -2.28. The SMILES string of the molecule is CCc1cccc(C)c1NC(=O)[C@@H]1CC(=O)N(Cc2ccccc2)C1. The molecule has 1 N–H and O–H groups in total. The minimum absolute atomic E-state index is 0.0458. The Morgan fingerprint density at radius 1 is 1.16 bits per heavy atom. The summed E-state index contributed by atoms with van der Waals surface area (Å²) in [7, 11) is 0. The van der Waals surface area contributed by atoms with Crippen LogP contribution in [-0.2, 0) is 22.6 Å². The van der Waals surface area contributed by atoms with Crippen molar-refractivity contribution in [3.63, 3.8) is 0 Å². The predicted octanol–water partition coefficient (Wildman–Crippen LogP) is 3.54. The lowest BCUT2D eigenvalue weighted by molar-refractivity contribution is -0.128. The van der Waals surface area contributed by atoms with Crippen LogP contribution in [0.15, 0.2) is 48.5 Å². The number of nitrogens with one attached hydrogen (secondary N) is 1. The maximum absolute atomic E-state index is 12.7. The molecular formula is C21H24N2O2. The molecule has 130 valence electrons. The molecule has 1 saturated heterocycles. The average Bonchev–Trinajstić information content (AvgIpc) is 2.98. The number of aryl methyl sites for hydroxylation is 2. The molecule has 3 rings (SSSR count). The van der Waals surface area contributed by atoms with E-state index in [4.69, 9.17) is 0 Å². The maximum Gasteiger partial charge on any atom is 0.229 e. The van der Waals surface area contributed by atoms with Crippen molar-refractivity contribution in [2.24, 2.45) is 5.92 Å². The summed E-state index contributed by atoms with van der Waals surface area (Å²) in [5.74, 6) is -0.307. The van der Waals surface area contributed by atoms with Crippen LogP contribution in [0.4, 0.5) is 5.69 Å². The number of amides is 2. The maximum atomic E-state index is 12.7. The van der Waals surface area contributed by atoms with E-state index in [-0.39, 0.29) is 24.2 Å². The van der Waals surface area contributed by atoms with Crippen LogP contribution in [0.2, 0.25) is 0 Å². The third-order valence-corrected chi connectivity index (χ3v) is 4.79. The second-order valence-electron chi connectivity index (χ2n) is 6.61. The third-order valence-electron chi connectivity index (χ3n) is 4.79. The molecular weight excluding hydrogens is 312 g/mol. The van der Waals surface area contributed by atoms with Crippen LogP contribution in [0.25, 0.3) is 0 Å². The highest BCUT2D eigenvalue weighted by Gasteiger charge is 2.34. The topological polar surface area (TPSA) is 49.4 Å². The highest BCUT2D eigenvalue weighted by molar-refractivity contribution is 5.98. The van der Waals surface area contributed by atoms with E-state index in [1.54, 1.807) is 4.90 Å². The van der Waals surface area contributed by atoms with Crippen molar-refractivity contribution in [1.29, 1.82) is 0 Å². The lowest BCUT2D eigenvalue weighted by atomic mass is 10.0. The minimum atomic E-state index is -0.291. The Morgan fingerprint density at radius 2 is 1.92 bits per heavy atom. The van der Waals surface area contributed by atoms with Crippen LogP contribution in [-0.4, -0.2) is 23.3 Å². The summed E-state index contributed by atoms with van der Waals surface area (Å²) in [5, 5.41) is 3.06. The van der Waals surface area contributed by atoms with Gasteiger partial charge in [0, 0.05) is 25.2 Å². The molecule has 2 aromatic rings. The molecule has 0 aromatic heterocycles. The van der Waals surface area contributed by atoms with E-state index in [0.717, 1.165) is 28.8 Å². The molecule has 0 unspecified atom stereocenters. The van der Waals surface area contributed by atoms with E-state index in [9.17, 15) is 9.59 Å². The molecule has 1 atom stereocenters.